The van der Waals surface area contributed by atoms with Gasteiger partial charge in [0, 0.05) is 8.07 Å². The third kappa shape index (κ3) is 6.03. The molecule has 0 aliphatic heterocycles. The van der Waals surface area contributed by atoms with E-state index in [4.69, 9.17) is 0 Å². The third-order valence-corrected chi connectivity index (χ3v) is 6.94. The summed E-state index contributed by atoms with van der Waals surface area (Å²) in [4.78, 5) is 0. The Morgan fingerprint density at radius 3 is 1.41 bits per heavy atom. The largest absolute Gasteiger partial charge is 4.00 e. The molecule has 0 heterocycles. The van der Waals surface area contributed by atoms with Gasteiger partial charge in [0.1, 0.15) is 0 Å². The summed E-state index contributed by atoms with van der Waals surface area (Å²) in [6, 6.07) is 28.8. The van der Waals surface area contributed by atoms with Crippen LogP contribution < -0.4 is 42.4 Å². The molecule has 0 aliphatic carbocycles. The molecule has 5 heteroatoms. The first-order chi connectivity index (χ1) is 10.9. The van der Waals surface area contributed by atoms with Gasteiger partial charge in [-0.25, -0.2) is 6.07 Å². The van der Waals surface area contributed by atoms with Crippen molar-refractivity contribution in [3.05, 3.63) is 95.6 Å². The minimum Gasteiger partial charge on any atom is -1.00 e. The zero-order valence-electron chi connectivity index (χ0n) is 16.1. The Bertz CT molecular complexity index is 741. The number of hydrogen-bond donors (Lipinski definition) is 0. The molecule has 0 N–H and O–H groups in total. The second-order valence-electron chi connectivity index (χ2n) is 7.50. The normalized spacial score (nSPS) is 10.5. The van der Waals surface area contributed by atoms with Crippen LogP contribution in [0.5, 0.6) is 0 Å². The molecule has 0 spiro atoms. The van der Waals surface area contributed by atoms with E-state index >= 15 is 0 Å². The molecule has 0 amide bonds. The molecule has 0 nitrogen and oxygen atoms in total. The first-order valence-electron chi connectivity index (χ1n) is 8.31. The van der Waals surface area contributed by atoms with Crippen molar-refractivity contribution in [3.63, 3.8) is 0 Å². The van der Waals surface area contributed by atoms with Gasteiger partial charge in [-0.2, -0.15) is 22.9 Å². The molecule has 3 aromatic carbocycles. The fourth-order valence-electron chi connectivity index (χ4n) is 3.26. The SMILES string of the molecule is CC(c1ccccc1)(c1ccccc1)c1cc[c-]([Si](C)(C)C)c1.[Cl-].[Cl-].[Cl-].[Ti+4]. The maximum absolute atomic E-state index is 2.44. The predicted molar refractivity (Wildman–Crippen MR) is 103 cm³/mol. The van der Waals surface area contributed by atoms with Crippen LogP contribution in [0.3, 0.4) is 0 Å². The van der Waals surface area contributed by atoms with E-state index in [2.05, 4.69) is 105 Å². The van der Waals surface area contributed by atoms with Crippen molar-refractivity contribution in [2.75, 3.05) is 0 Å². The van der Waals surface area contributed by atoms with Crippen molar-refractivity contribution in [1.29, 1.82) is 0 Å². The fraction of sp³-hybridized carbons (Fsp3) is 0.227. The van der Waals surface area contributed by atoms with Crippen molar-refractivity contribution in [2.24, 2.45) is 0 Å². The maximum Gasteiger partial charge on any atom is 4.00 e. The Morgan fingerprint density at radius 1 is 0.667 bits per heavy atom. The zero-order valence-corrected chi connectivity index (χ0v) is 21.0. The van der Waals surface area contributed by atoms with E-state index in [0.717, 1.165) is 0 Å². The van der Waals surface area contributed by atoms with Gasteiger partial charge in [0.05, 0.1) is 0 Å². The van der Waals surface area contributed by atoms with E-state index in [1.54, 1.807) is 0 Å². The van der Waals surface area contributed by atoms with E-state index in [-0.39, 0.29) is 64.4 Å². The average molecular weight is 472 g/mol. The van der Waals surface area contributed by atoms with Crippen LogP contribution in [0.1, 0.15) is 23.6 Å². The van der Waals surface area contributed by atoms with Gasteiger partial charge in [-0.1, -0.05) is 87.2 Å². The number of hydrogen-bond acceptors (Lipinski definition) is 0. The second kappa shape index (κ2) is 11.6. The van der Waals surface area contributed by atoms with E-state index in [1.807, 2.05) is 0 Å². The van der Waals surface area contributed by atoms with E-state index in [1.165, 1.54) is 21.9 Å². The number of rotatable bonds is 4. The van der Waals surface area contributed by atoms with E-state index in [0.29, 0.717) is 0 Å². The van der Waals surface area contributed by atoms with Crippen molar-refractivity contribution in [2.45, 2.75) is 32.0 Å². The van der Waals surface area contributed by atoms with Crippen molar-refractivity contribution in [3.8, 4) is 0 Å². The molecule has 0 aliphatic rings. The summed E-state index contributed by atoms with van der Waals surface area (Å²) in [6.07, 6.45) is 0. The van der Waals surface area contributed by atoms with Crippen LogP contribution in [0, 0.1) is 0 Å². The minimum absolute atomic E-state index is 0. The number of halogens is 3. The van der Waals surface area contributed by atoms with E-state index < -0.39 is 8.07 Å². The van der Waals surface area contributed by atoms with Crippen LogP contribution in [0.15, 0.2) is 78.9 Å². The molecular weight excluding hydrogens is 447 g/mol. The van der Waals surface area contributed by atoms with Gasteiger partial charge in [-0.05, 0) is 16.5 Å². The minimum atomic E-state index is -1.29. The Hall–Kier alpha value is -0.409. The molecule has 0 saturated heterocycles. The first kappa shape index (κ1) is 28.8. The first-order valence-corrected chi connectivity index (χ1v) is 11.8. The topological polar surface area (TPSA) is 0 Å². The van der Waals surface area contributed by atoms with Crippen molar-refractivity contribution >= 4 is 13.3 Å². The summed E-state index contributed by atoms with van der Waals surface area (Å²) in [5.74, 6) is 0. The molecule has 27 heavy (non-hydrogen) atoms. The van der Waals surface area contributed by atoms with Gasteiger partial charge >= 0.3 is 21.7 Å². The molecule has 0 saturated carbocycles. The Balaban J connectivity index is 0. The van der Waals surface area contributed by atoms with Crippen LogP contribution in [0.2, 0.25) is 19.6 Å². The molecule has 0 atom stereocenters. The predicted octanol–water partition coefficient (Wildman–Crippen LogP) is -3.69. The van der Waals surface area contributed by atoms with Crippen LogP contribution in [0.4, 0.5) is 0 Å². The average Bonchev–Trinajstić information content (AvgIpc) is 3.06. The summed E-state index contributed by atoms with van der Waals surface area (Å²) in [6.45, 7) is 9.58. The summed E-state index contributed by atoms with van der Waals surface area (Å²) in [5.41, 5.74) is 3.98. The Kier molecular flexibility index (Phi) is 12.3. The summed E-state index contributed by atoms with van der Waals surface area (Å²) in [7, 11) is -1.29. The fourth-order valence-corrected chi connectivity index (χ4v) is 4.44. The van der Waals surface area contributed by atoms with Crippen molar-refractivity contribution in [1.82, 2.24) is 0 Å². The summed E-state index contributed by atoms with van der Waals surface area (Å²) < 4.78 is 0. The summed E-state index contributed by atoms with van der Waals surface area (Å²) in [5, 5.41) is 1.53. The second-order valence-corrected chi connectivity index (χ2v) is 12.6. The molecular formula is C22H25Cl3SiTi. The molecule has 0 radical (unpaired) electrons. The quantitative estimate of drug-likeness (QED) is 0.272. The molecule has 0 fully saturated rings. The smallest absolute Gasteiger partial charge is 1.00 e. The molecule has 142 valence electrons. The van der Waals surface area contributed by atoms with E-state index in [9.17, 15) is 0 Å². The van der Waals surface area contributed by atoms with Gasteiger partial charge in [-0.3, -0.25) is 0 Å². The number of benzene rings is 2. The Labute approximate surface area is 198 Å². The standard InChI is InChI=1S/C22H25Si.3ClH.Ti/c1-22(18-11-7-5-8-12-18,19-13-9-6-10-14-19)20-15-16-21(17-20)23(2,3)4;;;;/h5-17H,1-4H3;3*1H;/q-1;;;;+4/p-3. The molecule has 3 rings (SSSR count). The Morgan fingerprint density at radius 2 is 1.07 bits per heavy atom. The van der Waals surface area contributed by atoms with Crippen LogP contribution in [-0.4, -0.2) is 8.07 Å². The molecule has 3 aromatic rings. The van der Waals surface area contributed by atoms with Crippen LogP contribution in [-0.2, 0) is 27.1 Å². The van der Waals surface area contributed by atoms with Gasteiger partial charge < -0.3 is 37.2 Å². The van der Waals surface area contributed by atoms with Crippen LogP contribution in [0.25, 0.3) is 0 Å². The molecule has 0 aromatic heterocycles. The third-order valence-electron chi connectivity index (χ3n) is 4.90. The van der Waals surface area contributed by atoms with Gasteiger partial charge in [0.25, 0.3) is 0 Å². The maximum atomic E-state index is 2.44. The molecule has 0 bridgehead atoms. The van der Waals surface area contributed by atoms with Gasteiger partial charge in [-0.15, -0.1) is 0 Å². The summed E-state index contributed by atoms with van der Waals surface area (Å²) >= 11 is 0. The monoisotopic (exact) mass is 470 g/mol. The van der Waals surface area contributed by atoms with Crippen molar-refractivity contribution < 1.29 is 58.9 Å². The van der Waals surface area contributed by atoms with Gasteiger partial charge in [0.15, 0.2) is 0 Å². The molecule has 0 unspecified atom stereocenters. The van der Waals surface area contributed by atoms with Gasteiger partial charge in [0.2, 0.25) is 0 Å². The zero-order chi connectivity index (χ0) is 16.5. The van der Waals surface area contributed by atoms with Crippen LogP contribution >= 0.6 is 0 Å².